The van der Waals surface area contributed by atoms with E-state index in [9.17, 15) is 4.21 Å². The number of hydrogen-bond donors (Lipinski definition) is 0. The number of rotatable bonds is 12. The Kier molecular flexibility index (Phi) is 12.3. The van der Waals surface area contributed by atoms with Crippen LogP contribution in [0, 0.1) is 0 Å². The molecule has 0 aromatic carbocycles. The summed E-state index contributed by atoms with van der Waals surface area (Å²) in [5.74, 6) is 0. The second-order valence-corrected chi connectivity index (χ2v) is 4.30. The highest BCUT2D eigenvalue weighted by atomic mass is 32.2. The molecule has 0 fully saturated rings. The molecule has 0 unspecified atom stereocenters. The maximum Gasteiger partial charge on any atom is 0.304 e. The Labute approximate surface area is 101 Å². The molecule has 0 aliphatic rings. The highest BCUT2D eigenvalue weighted by Crippen LogP contribution is 2.01. The first-order valence-electron chi connectivity index (χ1n) is 5.71. The smallest absolute Gasteiger partial charge is 0.268 e. The van der Waals surface area contributed by atoms with Gasteiger partial charge in [0.05, 0.1) is 13.2 Å². The van der Waals surface area contributed by atoms with Gasteiger partial charge in [0.25, 0.3) is 0 Å². The number of unbranched alkanes of at least 4 members (excludes halogenated alkanes) is 4. The largest absolute Gasteiger partial charge is 0.304 e. The van der Waals surface area contributed by atoms with Crippen LogP contribution in [0.15, 0.2) is 25.3 Å². The Morgan fingerprint density at radius 2 is 1.31 bits per heavy atom. The van der Waals surface area contributed by atoms with Gasteiger partial charge in [-0.15, -0.1) is 13.2 Å². The molecule has 0 aromatic rings. The summed E-state index contributed by atoms with van der Waals surface area (Å²) in [6.45, 7) is 8.21. The molecule has 0 aliphatic heterocycles. The van der Waals surface area contributed by atoms with Crippen LogP contribution in [-0.2, 0) is 19.7 Å². The quantitative estimate of drug-likeness (QED) is 0.391. The molecule has 0 rings (SSSR count). The summed E-state index contributed by atoms with van der Waals surface area (Å²) in [6.07, 6.45) is 9.48. The first kappa shape index (κ1) is 15.6. The van der Waals surface area contributed by atoms with Gasteiger partial charge in [-0.1, -0.05) is 12.2 Å². The maximum absolute atomic E-state index is 11.1. The molecule has 0 heterocycles. The normalized spacial score (nSPS) is 10.6. The van der Waals surface area contributed by atoms with Gasteiger partial charge in [0.2, 0.25) is 0 Å². The predicted octanol–water partition coefficient (Wildman–Crippen LogP) is 3.31. The van der Waals surface area contributed by atoms with Gasteiger partial charge in [0.15, 0.2) is 0 Å². The van der Waals surface area contributed by atoms with Crippen LogP contribution in [0.5, 0.6) is 0 Å². The third-order valence-corrected chi connectivity index (χ3v) is 2.68. The maximum atomic E-state index is 11.1. The van der Waals surface area contributed by atoms with E-state index in [2.05, 4.69) is 13.2 Å². The molecular weight excluding hydrogens is 224 g/mol. The van der Waals surface area contributed by atoms with Gasteiger partial charge in [-0.25, -0.2) is 0 Å². The van der Waals surface area contributed by atoms with E-state index in [0.717, 1.165) is 38.5 Å². The second kappa shape index (κ2) is 12.6. The third kappa shape index (κ3) is 11.6. The minimum atomic E-state index is -1.58. The average molecular weight is 246 g/mol. The summed E-state index contributed by atoms with van der Waals surface area (Å²) < 4.78 is 21.1. The standard InChI is InChI=1S/C12H22O3S/c1-3-5-7-9-11-14-16(13)15-12-10-8-6-4-2/h3-4H,1-2,5-12H2. The van der Waals surface area contributed by atoms with Crippen LogP contribution in [0.2, 0.25) is 0 Å². The van der Waals surface area contributed by atoms with Crippen molar-refractivity contribution in [1.29, 1.82) is 0 Å². The lowest BCUT2D eigenvalue weighted by Crippen LogP contribution is -2.04. The molecule has 94 valence electrons. The highest BCUT2D eigenvalue weighted by molar-refractivity contribution is 7.75. The minimum absolute atomic E-state index is 0.479. The van der Waals surface area contributed by atoms with Crippen LogP contribution in [-0.4, -0.2) is 17.4 Å². The first-order chi connectivity index (χ1) is 7.81. The summed E-state index contributed by atoms with van der Waals surface area (Å²) >= 11 is -1.58. The lowest BCUT2D eigenvalue weighted by atomic mass is 10.2. The van der Waals surface area contributed by atoms with E-state index in [4.69, 9.17) is 8.37 Å². The molecule has 0 saturated heterocycles. The lowest BCUT2D eigenvalue weighted by Gasteiger charge is -2.03. The monoisotopic (exact) mass is 246 g/mol. The van der Waals surface area contributed by atoms with Crippen molar-refractivity contribution in [2.24, 2.45) is 0 Å². The molecule has 0 spiro atoms. The van der Waals surface area contributed by atoms with Crippen molar-refractivity contribution >= 4 is 11.4 Å². The summed E-state index contributed by atoms with van der Waals surface area (Å²) in [5.41, 5.74) is 0. The Morgan fingerprint density at radius 3 is 1.69 bits per heavy atom. The number of allylic oxidation sites excluding steroid dienone is 2. The van der Waals surface area contributed by atoms with E-state index in [1.165, 1.54) is 0 Å². The predicted molar refractivity (Wildman–Crippen MR) is 68.1 cm³/mol. The summed E-state index contributed by atoms with van der Waals surface area (Å²) in [4.78, 5) is 0. The zero-order valence-electron chi connectivity index (χ0n) is 9.86. The molecule has 0 bridgehead atoms. The molecule has 0 radical (unpaired) electrons. The minimum Gasteiger partial charge on any atom is -0.268 e. The summed E-state index contributed by atoms with van der Waals surface area (Å²) in [5, 5.41) is 0. The van der Waals surface area contributed by atoms with Gasteiger partial charge < -0.3 is 0 Å². The van der Waals surface area contributed by atoms with Crippen LogP contribution >= 0.6 is 0 Å². The van der Waals surface area contributed by atoms with Gasteiger partial charge in [-0.05, 0) is 38.5 Å². The fourth-order valence-corrected chi connectivity index (χ4v) is 1.65. The van der Waals surface area contributed by atoms with Crippen molar-refractivity contribution in [3.8, 4) is 0 Å². The molecule has 4 heteroatoms. The highest BCUT2D eigenvalue weighted by Gasteiger charge is 1.99. The third-order valence-electron chi connectivity index (χ3n) is 1.96. The van der Waals surface area contributed by atoms with Crippen LogP contribution < -0.4 is 0 Å². The molecule has 16 heavy (non-hydrogen) atoms. The molecule has 0 N–H and O–H groups in total. The van der Waals surface area contributed by atoms with Crippen molar-refractivity contribution in [3.63, 3.8) is 0 Å². The Morgan fingerprint density at radius 1 is 0.875 bits per heavy atom. The zero-order chi connectivity index (χ0) is 12.1. The van der Waals surface area contributed by atoms with Crippen molar-refractivity contribution in [2.75, 3.05) is 13.2 Å². The molecule has 0 aromatic heterocycles. The van der Waals surface area contributed by atoms with E-state index in [0.29, 0.717) is 13.2 Å². The summed E-state index contributed by atoms with van der Waals surface area (Å²) in [6, 6.07) is 0. The summed E-state index contributed by atoms with van der Waals surface area (Å²) in [7, 11) is 0. The van der Waals surface area contributed by atoms with Crippen LogP contribution in [0.1, 0.15) is 38.5 Å². The van der Waals surface area contributed by atoms with Gasteiger partial charge in [-0.3, -0.25) is 8.37 Å². The van der Waals surface area contributed by atoms with Crippen molar-refractivity contribution < 1.29 is 12.6 Å². The van der Waals surface area contributed by atoms with E-state index in [-0.39, 0.29) is 0 Å². The average Bonchev–Trinajstić information content (AvgIpc) is 2.28. The topological polar surface area (TPSA) is 35.5 Å². The number of hydrogen-bond acceptors (Lipinski definition) is 3. The van der Waals surface area contributed by atoms with Gasteiger partial charge in [-0.2, -0.15) is 4.21 Å². The second-order valence-electron chi connectivity index (χ2n) is 3.42. The van der Waals surface area contributed by atoms with Crippen LogP contribution in [0.25, 0.3) is 0 Å². The Bertz CT molecular complexity index is 184. The molecule has 0 amide bonds. The van der Waals surface area contributed by atoms with Gasteiger partial charge in [0.1, 0.15) is 0 Å². The molecule has 0 aliphatic carbocycles. The van der Waals surface area contributed by atoms with E-state index >= 15 is 0 Å². The first-order valence-corrected chi connectivity index (χ1v) is 6.71. The SMILES string of the molecule is C=CCCCCOS(=O)OCCCCC=C. The van der Waals surface area contributed by atoms with Gasteiger partial charge >= 0.3 is 11.4 Å². The van der Waals surface area contributed by atoms with Crippen molar-refractivity contribution in [1.82, 2.24) is 0 Å². The van der Waals surface area contributed by atoms with Crippen molar-refractivity contribution in [2.45, 2.75) is 38.5 Å². The Balaban J connectivity index is 3.18. The van der Waals surface area contributed by atoms with E-state index in [1.807, 2.05) is 12.2 Å². The molecule has 3 nitrogen and oxygen atoms in total. The van der Waals surface area contributed by atoms with Gasteiger partial charge in [0, 0.05) is 0 Å². The molecular formula is C12H22O3S. The van der Waals surface area contributed by atoms with Crippen molar-refractivity contribution in [3.05, 3.63) is 25.3 Å². The fourth-order valence-electron chi connectivity index (χ4n) is 1.07. The van der Waals surface area contributed by atoms with E-state index < -0.39 is 11.4 Å². The Hall–Kier alpha value is -0.450. The zero-order valence-corrected chi connectivity index (χ0v) is 10.7. The van der Waals surface area contributed by atoms with Crippen LogP contribution in [0.3, 0.4) is 0 Å². The van der Waals surface area contributed by atoms with E-state index in [1.54, 1.807) is 0 Å². The fraction of sp³-hybridized carbons (Fsp3) is 0.667. The van der Waals surface area contributed by atoms with Crippen LogP contribution in [0.4, 0.5) is 0 Å². The lowest BCUT2D eigenvalue weighted by molar-refractivity contribution is 0.242. The molecule has 0 atom stereocenters. The molecule has 0 saturated carbocycles.